The standard InChI is InChI=1S/C29H25N3O3S/c1-2-22(26(30)28(34)35-16-18-8-4-3-5-9-18)27(33)32-29-31-25(17-36-29)20-12-13-24-21(15-20)14-19-10-6-7-11-23(19)24/h3-13,15,17,22,30H,2,14,16H2,1H3,(H,31,32,33). The summed E-state index contributed by atoms with van der Waals surface area (Å²) in [5.74, 6) is -2.15. The zero-order valence-corrected chi connectivity index (χ0v) is 20.6. The molecular weight excluding hydrogens is 470 g/mol. The molecule has 1 aliphatic carbocycles. The second-order valence-corrected chi connectivity index (χ2v) is 9.53. The molecule has 0 saturated heterocycles. The van der Waals surface area contributed by atoms with Crippen molar-refractivity contribution in [3.8, 4) is 22.4 Å². The van der Waals surface area contributed by atoms with Crippen molar-refractivity contribution < 1.29 is 14.3 Å². The van der Waals surface area contributed by atoms with Crippen LogP contribution in [-0.4, -0.2) is 22.6 Å². The average Bonchev–Trinajstić information content (AvgIpc) is 3.52. The molecule has 2 N–H and O–H groups in total. The van der Waals surface area contributed by atoms with E-state index in [4.69, 9.17) is 10.1 Å². The first kappa shape index (κ1) is 23.6. The number of thiazole rings is 1. The lowest BCUT2D eigenvalue weighted by Crippen LogP contribution is -2.34. The highest BCUT2D eigenvalue weighted by Crippen LogP contribution is 2.38. The van der Waals surface area contributed by atoms with Gasteiger partial charge in [-0.05, 0) is 46.7 Å². The quantitative estimate of drug-likeness (QED) is 0.201. The molecule has 1 aromatic heterocycles. The van der Waals surface area contributed by atoms with Crippen molar-refractivity contribution in [1.29, 1.82) is 5.41 Å². The van der Waals surface area contributed by atoms with E-state index in [1.807, 2.05) is 35.7 Å². The Labute approximate surface area is 213 Å². The molecule has 1 aliphatic rings. The maximum Gasteiger partial charge on any atom is 0.353 e. The summed E-state index contributed by atoms with van der Waals surface area (Å²) < 4.78 is 5.24. The minimum atomic E-state index is -0.917. The Balaban J connectivity index is 1.23. The van der Waals surface area contributed by atoms with Gasteiger partial charge >= 0.3 is 5.97 Å². The number of ether oxygens (including phenoxy) is 1. The van der Waals surface area contributed by atoms with Crippen LogP contribution in [0.3, 0.4) is 0 Å². The number of fused-ring (bicyclic) bond motifs is 3. The van der Waals surface area contributed by atoms with Gasteiger partial charge in [0.25, 0.3) is 0 Å². The van der Waals surface area contributed by atoms with E-state index in [0.29, 0.717) is 11.6 Å². The Morgan fingerprint density at radius 1 is 1.03 bits per heavy atom. The summed E-state index contributed by atoms with van der Waals surface area (Å²) in [4.78, 5) is 29.9. The fourth-order valence-corrected chi connectivity index (χ4v) is 5.15. The third kappa shape index (κ3) is 4.83. The molecule has 1 unspecified atom stereocenters. The first-order valence-corrected chi connectivity index (χ1v) is 12.7. The number of rotatable bonds is 8. The van der Waals surface area contributed by atoms with Crippen molar-refractivity contribution in [2.45, 2.75) is 26.4 Å². The highest BCUT2D eigenvalue weighted by atomic mass is 32.1. The number of aromatic nitrogens is 1. The van der Waals surface area contributed by atoms with Gasteiger partial charge in [0.15, 0.2) is 5.13 Å². The van der Waals surface area contributed by atoms with Crippen molar-refractivity contribution in [3.63, 3.8) is 0 Å². The van der Waals surface area contributed by atoms with Crippen molar-refractivity contribution in [1.82, 2.24) is 4.98 Å². The van der Waals surface area contributed by atoms with Gasteiger partial charge in [0, 0.05) is 10.9 Å². The molecule has 180 valence electrons. The normalized spacial score (nSPS) is 12.4. The molecule has 0 fully saturated rings. The molecule has 7 heteroatoms. The summed E-state index contributed by atoms with van der Waals surface area (Å²) in [6, 6.07) is 24.0. The van der Waals surface area contributed by atoms with Gasteiger partial charge in [-0.3, -0.25) is 10.2 Å². The minimum Gasteiger partial charge on any atom is -0.456 e. The highest BCUT2D eigenvalue weighted by molar-refractivity contribution is 7.14. The number of nitrogens with one attached hydrogen (secondary N) is 2. The van der Waals surface area contributed by atoms with Crippen LogP contribution in [0.5, 0.6) is 0 Å². The van der Waals surface area contributed by atoms with Crippen LogP contribution in [0.25, 0.3) is 22.4 Å². The molecule has 36 heavy (non-hydrogen) atoms. The summed E-state index contributed by atoms with van der Waals surface area (Å²) >= 11 is 1.32. The Kier molecular flexibility index (Phi) is 6.73. The average molecular weight is 496 g/mol. The van der Waals surface area contributed by atoms with E-state index in [-0.39, 0.29) is 12.3 Å². The van der Waals surface area contributed by atoms with Crippen LogP contribution in [0.1, 0.15) is 30.0 Å². The van der Waals surface area contributed by atoms with E-state index in [2.05, 4.69) is 52.8 Å². The number of carbonyl (C=O) groups is 2. The second-order valence-electron chi connectivity index (χ2n) is 8.67. The molecule has 0 aliphatic heterocycles. The molecule has 0 spiro atoms. The van der Waals surface area contributed by atoms with Gasteiger partial charge in [-0.25, -0.2) is 9.78 Å². The Morgan fingerprint density at radius 3 is 2.58 bits per heavy atom. The van der Waals surface area contributed by atoms with Crippen molar-refractivity contribution in [2.75, 3.05) is 5.32 Å². The third-order valence-electron chi connectivity index (χ3n) is 6.33. The molecular formula is C29H25N3O3S. The van der Waals surface area contributed by atoms with Crippen LogP contribution < -0.4 is 5.32 Å². The topological polar surface area (TPSA) is 92.1 Å². The molecule has 1 atom stereocenters. The molecule has 1 heterocycles. The van der Waals surface area contributed by atoms with Crippen molar-refractivity contribution in [3.05, 3.63) is 94.9 Å². The molecule has 5 rings (SSSR count). The Hall–Kier alpha value is -4.10. The van der Waals surface area contributed by atoms with Gasteiger partial charge in [-0.2, -0.15) is 0 Å². The summed E-state index contributed by atoms with van der Waals surface area (Å²) in [5.41, 5.74) is 7.35. The van der Waals surface area contributed by atoms with Crippen LogP contribution in [0.2, 0.25) is 0 Å². The monoisotopic (exact) mass is 495 g/mol. The van der Waals surface area contributed by atoms with Crippen molar-refractivity contribution in [2.24, 2.45) is 5.92 Å². The zero-order valence-electron chi connectivity index (χ0n) is 19.8. The van der Waals surface area contributed by atoms with E-state index >= 15 is 0 Å². The predicted molar refractivity (Wildman–Crippen MR) is 142 cm³/mol. The van der Waals surface area contributed by atoms with Crippen LogP contribution in [-0.2, 0) is 27.4 Å². The summed E-state index contributed by atoms with van der Waals surface area (Å²) in [5, 5.41) is 13.3. The number of amides is 1. The molecule has 0 bridgehead atoms. The van der Waals surface area contributed by atoms with Gasteiger partial charge in [-0.15, -0.1) is 11.3 Å². The number of hydrogen-bond donors (Lipinski definition) is 2. The highest BCUT2D eigenvalue weighted by Gasteiger charge is 2.28. The van der Waals surface area contributed by atoms with Gasteiger partial charge in [0.1, 0.15) is 12.3 Å². The summed E-state index contributed by atoms with van der Waals surface area (Å²) in [7, 11) is 0. The maximum absolute atomic E-state index is 12.9. The SMILES string of the molecule is CCC(C(=N)C(=O)OCc1ccccc1)C(=O)Nc1nc(-c2ccc3c(c2)Cc2ccccc2-3)cs1. The van der Waals surface area contributed by atoms with E-state index in [0.717, 1.165) is 23.2 Å². The molecule has 0 radical (unpaired) electrons. The number of benzene rings is 3. The van der Waals surface area contributed by atoms with Gasteiger partial charge in [-0.1, -0.05) is 73.7 Å². The van der Waals surface area contributed by atoms with Crippen LogP contribution in [0.15, 0.2) is 78.2 Å². The Bertz CT molecular complexity index is 1450. The van der Waals surface area contributed by atoms with Crippen LogP contribution >= 0.6 is 11.3 Å². The fourth-order valence-electron chi connectivity index (χ4n) is 4.42. The minimum absolute atomic E-state index is 0.0573. The number of esters is 1. The first-order chi connectivity index (χ1) is 17.5. The second kappa shape index (κ2) is 10.3. The molecule has 4 aromatic rings. The van der Waals surface area contributed by atoms with Crippen molar-refractivity contribution >= 4 is 34.1 Å². The lowest BCUT2D eigenvalue weighted by molar-refractivity contribution is -0.137. The summed E-state index contributed by atoms with van der Waals surface area (Å²) in [6.07, 6.45) is 1.20. The third-order valence-corrected chi connectivity index (χ3v) is 7.09. The lowest BCUT2D eigenvalue weighted by atomic mass is 9.99. The predicted octanol–water partition coefficient (Wildman–Crippen LogP) is 6.11. The van der Waals surface area contributed by atoms with Gasteiger partial charge in [0.2, 0.25) is 5.91 Å². The maximum atomic E-state index is 12.9. The van der Waals surface area contributed by atoms with E-state index < -0.39 is 17.8 Å². The van der Waals surface area contributed by atoms with Crippen LogP contribution in [0.4, 0.5) is 5.13 Å². The molecule has 0 saturated carbocycles. The van der Waals surface area contributed by atoms with E-state index in [1.165, 1.54) is 33.6 Å². The lowest BCUT2D eigenvalue weighted by Gasteiger charge is -2.14. The largest absolute Gasteiger partial charge is 0.456 e. The fraction of sp³-hybridized carbons (Fsp3) is 0.172. The van der Waals surface area contributed by atoms with Crippen LogP contribution in [0, 0.1) is 11.3 Å². The smallest absolute Gasteiger partial charge is 0.353 e. The van der Waals surface area contributed by atoms with E-state index in [9.17, 15) is 9.59 Å². The number of hydrogen-bond acceptors (Lipinski definition) is 6. The summed E-state index contributed by atoms with van der Waals surface area (Å²) in [6.45, 7) is 1.82. The van der Waals surface area contributed by atoms with Gasteiger partial charge in [0.05, 0.1) is 11.6 Å². The molecule has 6 nitrogen and oxygen atoms in total. The zero-order chi connectivity index (χ0) is 25.1. The van der Waals surface area contributed by atoms with E-state index in [1.54, 1.807) is 6.92 Å². The Morgan fingerprint density at radius 2 is 1.78 bits per heavy atom. The number of anilines is 1. The molecule has 1 amide bonds. The van der Waals surface area contributed by atoms with Gasteiger partial charge < -0.3 is 10.1 Å². The number of nitrogens with zero attached hydrogens (tertiary/aromatic N) is 1. The first-order valence-electron chi connectivity index (χ1n) is 11.8. The number of carbonyl (C=O) groups excluding carboxylic acids is 2. The molecule has 3 aromatic carbocycles.